The number of carbonyl (C=O) groups excluding carboxylic acids is 1. The second-order valence-corrected chi connectivity index (χ2v) is 2.80. The molecule has 1 N–H and O–H groups in total. The first kappa shape index (κ1) is 11.2. The largest absolute Gasteiger partial charge is 0.498 e. The van der Waals surface area contributed by atoms with E-state index < -0.39 is 0 Å². The molecular formula is C11H13N2O2-. The first-order chi connectivity index (χ1) is 7.33. The third-order valence-electron chi connectivity index (χ3n) is 1.64. The Morgan fingerprint density at radius 3 is 3.13 bits per heavy atom. The van der Waals surface area contributed by atoms with E-state index in [9.17, 15) is 4.79 Å². The van der Waals surface area contributed by atoms with E-state index in [0.717, 1.165) is 5.82 Å². The van der Waals surface area contributed by atoms with Crippen LogP contribution in [0.3, 0.4) is 0 Å². The van der Waals surface area contributed by atoms with E-state index >= 15 is 0 Å². The second kappa shape index (κ2) is 6.59. The fourth-order valence-corrected chi connectivity index (χ4v) is 0.964. The van der Waals surface area contributed by atoms with Gasteiger partial charge in [-0.1, -0.05) is 6.07 Å². The Hall–Kier alpha value is -1.84. The average molecular weight is 205 g/mol. The molecule has 0 radical (unpaired) electrons. The molecule has 0 saturated heterocycles. The van der Waals surface area contributed by atoms with E-state index in [-0.39, 0.29) is 12.6 Å². The highest BCUT2D eigenvalue weighted by atomic mass is 16.5. The van der Waals surface area contributed by atoms with Crippen molar-refractivity contribution >= 4 is 11.8 Å². The van der Waals surface area contributed by atoms with Gasteiger partial charge in [-0.25, -0.2) is 4.98 Å². The molecule has 1 aromatic rings. The Labute approximate surface area is 89.0 Å². The lowest BCUT2D eigenvalue weighted by molar-refractivity contribution is -0.142. The predicted octanol–water partition coefficient (Wildman–Crippen LogP) is 1.42. The number of nitrogens with zero attached hydrogens (tertiary/aromatic N) is 1. The van der Waals surface area contributed by atoms with Gasteiger partial charge >= 0.3 is 5.97 Å². The standard InChI is InChI=1S/C11H13N2O2/c1-2-9-15-11(14)6-8-13-10-5-3-4-7-12-10/h3-5,7H,1,6,8-9H2,(H,12,13)/q-1. The lowest BCUT2D eigenvalue weighted by Crippen LogP contribution is -2.12. The quantitative estimate of drug-likeness (QED) is 0.563. The Morgan fingerprint density at radius 2 is 2.47 bits per heavy atom. The molecule has 0 aliphatic carbocycles. The maximum absolute atomic E-state index is 11.0. The number of pyridine rings is 1. The molecule has 0 fully saturated rings. The lowest BCUT2D eigenvalue weighted by atomic mass is 10.4. The number of esters is 1. The molecule has 0 aliphatic heterocycles. The van der Waals surface area contributed by atoms with Gasteiger partial charge in [-0.15, -0.1) is 0 Å². The van der Waals surface area contributed by atoms with Crippen LogP contribution in [0.4, 0.5) is 5.82 Å². The third kappa shape index (κ3) is 4.81. The first-order valence-corrected chi connectivity index (χ1v) is 4.63. The van der Waals surface area contributed by atoms with Crippen molar-refractivity contribution in [3.05, 3.63) is 37.1 Å². The van der Waals surface area contributed by atoms with Crippen molar-refractivity contribution in [2.45, 2.75) is 6.42 Å². The number of aromatic nitrogens is 1. The van der Waals surface area contributed by atoms with Crippen molar-refractivity contribution in [3.8, 4) is 0 Å². The molecular weight excluding hydrogens is 192 g/mol. The molecule has 80 valence electrons. The predicted molar refractivity (Wildman–Crippen MR) is 57.2 cm³/mol. The SMILES string of the molecule is C=[C-]COC(=O)CCNc1ccccn1. The molecule has 4 nitrogen and oxygen atoms in total. The van der Waals surface area contributed by atoms with Gasteiger partial charge in [-0.05, 0) is 18.7 Å². The van der Waals surface area contributed by atoms with Gasteiger partial charge in [-0.2, -0.15) is 0 Å². The van der Waals surface area contributed by atoms with Crippen LogP contribution in [0.5, 0.6) is 0 Å². The van der Waals surface area contributed by atoms with Crippen LogP contribution >= 0.6 is 0 Å². The number of hydrogen-bond donors (Lipinski definition) is 1. The van der Waals surface area contributed by atoms with Crippen LogP contribution < -0.4 is 5.32 Å². The summed E-state index contributed by atoms with van der Waals surface area (Å²) >= 11 is 0. The zero-order valence-electron chi connectivity index (χ0n) is 8.40. The van der Waals surface area contributed by atoms with Crippen molar-refractivity contribution in [1.82, 2.24) is 4.98 Å². The van der Waals surface area contributed by atoms with Crippen molar-refractivity contribution in [2.75, 3.05) is 18.5 Å². The minimum Gasteiger partial charge on any atom is -0.498 e. The summed E-state index contributed by atoms with van der Waals surface area (Å²) in [5, 5.41) is 3.00. The fourth-order valence-electron chi connectivity index (χ4n) is 0.964. The number of carbonyl (C=O) groups is 1. The first-order valence-electron chi connectivity index (χ1n) is 4.63. The normalized spacial score (nSPS) is 9.33. The number of anilines is 1. The monoisotopic (exact) mass is 205 g/mol. The molecule has 0 bridgehead atoms. The highest BCUT2D eigenvalue weighted by Crippen LogP contribution is 1.99. The number of nitrogens with one attached hydrogen (secondary N) is 1. The van der Waals surface area contributed by atoms with Crippen LogP contribution in [-0.4, -0.2) is 24.1 Å². The summed E-state index contributed by atoms with van der Waals surface area (Å²) in [4.78, 5) is 15.1. The van der Waals surface area contributed by atoms with Gasteiger partial charge in [0.2, 0.25) is 0 Å². The van der Waals surface area contributed by atoms with E-state index in [1.807, 2.05) is 18.2 Å². The number of hydrogen-bond acceptors (Lipinski definition) is 4. The van der Waals surface area contributed by atoms with Crippen molar-refractivity contribution < 1.29 is 9.53 Å². The second-order valence-electron chi connectivity index (χ2n) is 2.80. The van der Waals surface area contributed by atoms with Gasteiger partial charge in [0.15, 0.2) is 0 Å². The molecule has 0 atom stereocenters. The summed E-state index contributed by atoms with van der Waals surface area (Å²) in [5.74, 6) is 0.482. The van der Waals surface area contributed by atoms with Gasteiger partial charge in [0.05, 0.1) is 6.42 Å². The maximum atomic E-state index is 11.0. The molecule has 4 heteroatoms. The highest BCUT2D eigenvalue weighted by molar-refractivity contribution is 5.70. The molecule has 0 saturated carbocycles. The number of rotatable bonds is 6. The minimum atomic E-state index is -0.269. The summed E-state index contributed by atoms with van der Waals surface area (Å²) in [6, 6.07) is 5.54. The summed E-state index contributed by atoms with van der Waals surface area (Å²) in [7, 11) is 0. The molecule has 0 amide bonds. The van der Waals surface area contributed by atoms with Gasteiger partial charge < -0.3 is 16.1 Å². The van der Waals surface area contributed by atoms with E-state index in [0.29, 0.717) is 13.0 Å². The molecule has 1 heterocycles. The average Bonchev–Trinajstić information content (AvgIpc) is 2.28. The van der Waals surface area contributed by atoms with E-state index in [1.165, 1.54) is 0 Å². The molecule has 15 heavy (non-hydrogen) atoms. The maximum Gasteiger partial charge on any atom is 0.305 e. The van der Waals surface area contributed by atoms with E-state index in [1.54, 1.807) is 6.20 Å². The van der Waals surface area contributed by atoms with E-state index in [4.69, 9.17) is 4.74 Å². The summed E-state index contributed by atoms with van der Waals surface area (Å²) in [5.41, 5.74) is 0. The van der Waals surface area contributed by atoms with Crippen LogP contribution in [0, 0.1) is 6.08 Å². The molecule has 0 aliphatic rings. The Bertz CT molecular complexity index is 312. The Morgan fingerprint density at radius 1 is 1.60 bits per heavy atom. The van der Waals surface area contributed by atoms with Crippen LogP contribution in [0.2, 0.25) is 0 Å². The summed E-state index contributed by atoms with van der Waals surface area (Å²) < 4.78 is 4.76. The topological polar surface area (TPSA) is 51.2 Å². The molecule has 0 aromatic carbocycles. The fraction of sp³-hybridized carbons (Fsp3) is 0.273. The molecule has 0 unspecified atom stereocenters. The molecule has 1 aromatic heterocycles. The highest BCUT2D eigenvalue weighted by Gasteiger charge is 1.99. The Kier molecular flexibility index (Phi) is 4.94. The van der Waals surface area contributed by atoms with Gasteiger partial charge in [-0.3, -0.25) is 11.4 Å². The number of ether oxygens (including phenoxy) is 1. The molecule has 0 spiro atoms. The molecule has 1 rings (SSSR count). The smallest absolute Gasteiger partial charge is 0.305 e. The van der Waals surface area contributed by atoms with Crippen molar-refractivity contribution in [1.29, 1.82) is 0 Å². The zero-order chi connectivity index (χ0) is 10.9. The van der Waals surface area contributed by atoms with Crippen molar-refractivity contribution in [2.24, 2.45) is 0 Å². The van der Waals surface area contributed by atoms with Crippen LogP contribution in [0.25, 0.3) is 0 Å². The summed E-state index contributed by atoms with van der Waals surface area (Å²) in [6.45, 7) is 3.98. The van der Waals surface area contributed by atoms with Gasteiger partial charge in [0.25, 0.3) is 0 Å². The lowest BCUT2D eigenvalue weighted by Gasteiger charge is -2.07. The van der Waals surface area contributed by atoms with E-state index in [2.05, 4.69) is 23.0 Å². The Balaban J connectivity index is 2.16. The van der Waals surface area contributed by atoms with Crippen LogP contribution in [0.15, 0.2) is 31.0 Å². The van der Waals surface area contributed by atoms with Crippen LogP contribution in [-0.2, 0) is 9.53 Å². The van der Waals surface area contributed by atoms with Gasteiger partial charge in [0.1, 0.15) is 5.82 Å². The van der Waals surface area contributed by atoms with Crippen molar-refractivity contribution in [3.63, 3.8) is 0 Å². The van der Waals surface area contributed by atoms with Gasteiger partial charge in [0, 0.05) is 12.7 Å². The zero-order valence-corrected chi connectivity index (χ0v) is 8.40. The third-order valence-corrected chi connectivity index (χ3v) is 1.64. The van der Waals surface area contributed by atoms with Crippen LogP contribution in [0.1, 0.15) is 6.42 Å². The minimum absolute atomic E-state index is 0.141. The summed E-state index contributed by atoms with van der Waals surface area (Å²) in [6.07, 6.45) is 4.47.